The van der Waals surface area contributed by atoms with E-state index in [1.807, 2.05) is 44.2 Å². The molecule has 1 amide bonds. The van der Waals surface area contributed by atoms with Crippen molar-refractivity contribution in [2.24, 2.45) is 0 Å². The second-order valence-electron chi connectivity index (χ2n) is 8.72. The Kier molecular flexibility index (Phi) is 7.35. The Labute approximate surface area is 214 Å². The fourth-order valence-electron chi connectivity index (χ4n) is 4.64. The number of nitrogens with zero attached hydrogens (tertiary/aromatic N) is 2. The van der Waals surface area contributed by atoms with E-state index in [0.717, 1.165) is 22.3 Å². The number of carbonyl (C=O) groups excluding carboxylic acids is 1. The molecule has 3 aromatic carbocycles. The molecule has 0 spiro atoms. The Balaban J connectivity index is 1.77. The predicted molar refractivity (Wildman–Crippen MR) is 137 cm³/mol. The van der Waals surface area contributed by atoms with Gasteiger partial charge in [0.2, 0.25) is 0 Å². The monoisotopic (exact) mass is 510 g/mol. The number of hydrogen-bond acceptors (Lipinski definition) is 6. The lowest BCUT2D eigenvalue weighted by Gasteiger charge is -2.37. The molecule has 0 radical (unpaired) electrons. The number of fused-ring (bicyclic) bond motifs is 1. The molecular formula is C27H27ClN2O6. The number of methoxy groups -OCH3 is 2. The summed E-state index contributed by atoms with van der Waals surface area (Å²) in [5, 5.41) is 11.9. The minimum Gasteiger partial charge on any atom is -0.493 e. The summed E-state index contributed by atoms with van der Waals surface area (Å²) in [6.07, 6.45) is 0.538. The maximum atomic E-state index is 13.7. The maximum absolute atomic E-state index is 13.7. The molecule has 1 aliphatic rings. The highest BCUT2D eigenvalue weighted by Gasteiger charge is 2.36. The van der Waals surface area contributed by atoms with Gasteiger partial charge in [0, 0.05) is 17.6 Å². The van der Waals surface area contributed by atoms with Gasteiger partial charge in [-0.15, -0.1) is 0 Å². The zero-order valence-electron chi connectivity index (χ0n) is 20.5. The van der Waals surface area contributed by atoms with Crippen molar-refractivity contribution in [3.8, 4) is 17.2 Å². The first-order valence-corrected chi connectivity index (χ1v) is 11.8. The average molecular weight is 511 g/mol. The van der Waals surface area contributed by atoms with Crippen LogP contribution in [0.15, 0.2) is 48.5 Å². The SMILES string of the molecule is COc1cc2c(cc1OC)C(COc1cc(C)cc(C)c1)N(C(=O)c1cc(Cl)ccc1[N+](=O)[O-])CC2. The first-order chi connectivity index (χ1) is 17.2. The van der Waals surface area contributed by atoms with Gasteiger partial charge in [-0.3, -0.25) is 14.9 Å². The van der Waals surface area contributed by atoms with E-state index in [-0.39, 0.29) is 22.9 Å². The molecule has 0 saturated carbocycles. The minimum atomic E-state index is -0.573. The van der Waals surface area contributed by atoms with Crippen LogP contribution >= 0.6 is 11.6 Å². The zero-order valence-corrected chi connectivity index (χ0v) is 21.3. The van der Waals surface area contributed by atoms with Gasteiger partial charge in [-0.2, -0.15) is 0 Å². The van der Waals surface area contributed by atoms with E-state index in [1.165, 1.54) is 18.2 Å². The molecule has 0 saturated heterocycles. The van der Waals surface area contributed by atoms with Crippen molar-refractivity contribution in [3.05, 3.63) is 91.5 Å². The molecule has 4 rings (SSSR count). The molecule has 0 bridgehead atoms. The van der Waals surface area contributed by atoms with Crippen LogP contribution in [0.25, 0.3) is 0 Å². The number of benzene rings is 3. The molecule has 1 heterocycles. The van der Waals surface area contributed by atoms with Crippen LogP contribution in [0.3, 0.4) is 0 Å². The number of rotatable bonds is 7. The summed E-state index contributed by atoms with van der Waals surface area (Å²) in [6.45, 7) is 4.46. The van der Waals surface area contributed by atoms with Crippen molar-refractivity contribution < 1.29 is 23.9 Å². The van der Waals surface area contributed by atoms with Crippen LogP contribution in [0.5, 0.6) is 17.2 Å². The van der Waals surface area contributed by atoms with Gasteiger partial charge in [-0.1, -0.05) is 17.7 Å². The van der Waals surface area contributed by atoms with Crippen molar-refractivity contribution in [2.75, 3.05) is 27.4 Å². The van der Waals surface area contributed by atoms with Gasteiger partial charge in [0.25, 0.3) is 11.6 Å². The molecule has 36 heavy (non-hydrogen) atoms. The van der Waals surface area contributed by atoms with Crippen molar-refractivity contribution in [3.63, 3.8) is 0 Å². The largest absolute Gasteiger partial charge is 0.493 e. The molecule has 1 atom stereocenters. The molecule has 1 unspecified atom stereocenters. The molecule has 9 heteroatoms. The number of nitro benzene ring substituents is 1. The molecule has 3 aromatic rings. The highest BCUT2D eigenvalue weighted by atomic mass is 35.5. The summed E-state index contributed by atoms with van der Waals surface area (Å²) < 4.78 is 17.2. The molecule has 0 aromatic heterocycles. The van der Waals surface area contributed by atoms with E-state index in [0.29, 0.717) is 30.2 Å². The topological polar surface area (TPSA) is 91.1 Å². The lowest BCUT2D eigenvalue weighted by molar-refractivity contribution is -0.385. The van der Waals surface area contributed by atoms with Gasteiger partial charge >= 0.3 is 0 Å². The summed E-state index contributed by atoms with van der Waals surface area (Å²) in [6, 6.07) is 13.1. The van der Waals surface area contributed by atoms with E-state index in [9.17, 15) is 14.9 Å². The summed E-state index contributed by atoms with van der Waals surface area (Å²) in [4.78, 5) is 26.4. The molecule has 0 aliphatic carbocycles. The predicted octanol–water partition coefficient (Wildman–Crippen LogP) is 5.70. The highest BCUT2D eigenvalue weighted by molar-refractivity contribution is 6.31. The molecular weight excluding hydrogens is 484 g/mol. The lowest BCUT2D eigenvalue weighted by Crippen LogP contribution is -2.42. The third-order valence-corrected chi connectivity index (χ3v) is 6.49. The van der Waals surface area contributed by atoms with Gasteiger partial charge in [-0.05, 0) is 78.9 Å². The Morgan fingerprint density at radius 2 is 1.72 bits per heavy atom. The van der Waals surface area contributed by atoms with Crippen LogP contribution in [-0.4, -0.2) is 43.1 Å². The molecule has 0 N–H and O–H groups in total. The van der Waals surface area contributed by atoms with Crippen LogP contribution in [-0.2, 0) is 6.42 Å². The van der Waals surface area contributed by atoms with Crippen molar-refractivity contribution in [2.45, 2.75) is 26.3 Å². The highest BCUT2D eigenvalue weighted by Crippen LogP contribution is 2.39. The van der Waals surface area contributed by atoms with Gasteiger partial charge < -0.3 is 19.1 Å². The number of amides is 1. The molecule has 0 fully saturated rings. The van der Waals surface area contributed by atoms with Crippen molar-refractivity contribution in [1.82, 2.24) is 4.90 Å². The zero-order chi connectivity index (χ0) is 26.0. The van der Waals surface area contributed by atoms with Gasteiger partial charge in [0.1, 0.15) is 17.9 Å². The van der Waals surface area contributed by atoms with Crippen LogP contribution in [0.1, 0.15) is 38.7 Å². The van der Waals surface area contributed by atoms with Crippen LogP contribution < -0.4 is 14.2 Å². The third kappa shape index (κ3) is 5.09. The summed E-state index contributed by atoms with van der Waals surface area (Å²) in [5.74, 6) is 1.31. The minimum absolute atomic E-state index is 0.0622. The average Bonchev–Trinajstić information content (AvgIpc) is 2.85. The first kappa shape index (κ1) is 25.3. The fourth-order valence-corrected chi connectivity index (χ4v) is 4.81. The Morgan fingerprint density at radius 1 is 1.06 bits per heavy atom. The van der Waals surface area contributed by atoms with E-state index in [1.54, 1.807) is 19.1 Å². The van der Waals surface area contributed by atoms with Crippen LogP contribution in [0.4, 0.5) is 5.69 Å². The number of halogens is 1. The maximum Gasteiger partial charge on any atom is 0.282 e. The summed E-state index contributed by atoms with van der Waals surface area (Å²) in [5.41, 5.74) is 3.59. The molecule has 188 valence electrons. The van der Waals surface area contributed by atoms with Gasteiger partial charge in [-0.25, -0.2) is 0 Å². The van der Waals surface area contributed by atoms with E-state index in [2.05, 4.69) is 0 Å². The second-order valence-corrected chi connectivity index (χ2v) is 9.16. The summed E-state index contributed by atoms with van der Waals surface area (Å²) in [7, 11) is 3.12. The fraction of sp³-hybridized carbons (Fsp3) is 0.296. The standard InChI is InChI=1S/C27H27ClN2O6/c1-16-9-17(2)11-20(10-16)36-15-24-21-14-26(35-4)25(34-3)12-18(21)7-8-29(24)27(31)22-13-19(28)5-6-23(22)30(32)33/h5-6,9-14,24H,7-8,15H2,1-4H3. The van der Waals surface area contributed by atoms with Crippen LogP contribution in [0, 0.1) is 24.0 Å². The quantitative estimate of drug-likeness (QED) is 0.299. The van der Waals surface area contributed by atoms with E-state index in [4.69, 9.17) is 25.8 Å². The molecule has 8 nitrogen and oxygen atoms in total. The number of ether oxygens (including phenoxy) is 3. The smallest absolute Gasteiger partial charge is 0.282 e. The Morgan fingerprint density at radius 3 is 2.36 bits per heavy atom. The second kappa shape index (κ2) is 10.5. The van der Waals surface area contributed by atoms with E-state index >= 15 is 0 Å². The number of nitro groups is 1. The van der Waals surface area contributed by atoms with E-state index < -0.39 is 16.9 Å². The normalized spacial score (nSPS) is 14.7. The lowest BCUT2D eigenvalue weighted by atomic mass is 9.91. The molecule has 1 aliphatic heterocycles. The summed E-state index contributed by atoms with van der Waals surface area (Å²) >= 11 is 6.12. The van der Waals surface area contributed by atoms with Gasteiger partial charge in [0.05, 0.1) is 25.2 Å². The number of carbonyl (C=O) groups is 1. The van der Waals surface area contributed by atoms with Gasteiger partial charge in [0.15, 0.2) is 11.5 Å². The first-order valence-electron chi connectivity index (χ1n) is 11.4. The van der Waals surface area contributed by atoms with Crippen LogP contribution in [0.2, 0.25) is 5.02 Å². The Hall–Kier alpha value is -3.78. The van der Waals surface area contributed by atoms with Crippen molar-refractivity contribution >= 4 is 23.2 Å². The third-order valence-electron chi connectivity index (χ3n) is 6.25. The van der Waals surface area contributed by atoms with Crippen molar-refractivity contribution in [1.29, 1.82) is 0 Å². The Bertz CT molecular complexity index is 1310. The number of hydrogen-bond donors (Lipinski definition) is 0. The number of aryl methyl sites for hydroxylation is 2.